The molecule has 2 aromatic rings. The van der Waals surface area contributed by atoms with Gasteiger partial charge in [-0.25, -0.2) is 4.57 Å². The van der Waals surface area contributed by atoms with Crippen LogP contribution in [0.3, 0.4) is 0 Å². The topological polar surface area (TPSA) is 85.3 Å². The number of aliphatic hydroxyl groups excluding tert-OH is 1. The Morgan fingerprint density at radius 3 is 2.07 bits per heavy atom. The molecule has 0 saturated carbocycles. The molecule has 1 aliphatic rings. The lowest BCUT2D eigenvalue weighted by Crippen LogP contribution is -2.48. The van der Waals surface area contributed by atoms with Crippen LogP contribution in [0.5, 0.6) is 0 Å². The summed E-state index contributed by atoms with van der Waals surface area (Å²) in [5.41, 5.74) is 1.50. The Hall–Kier alpha value is -1.86. The largest absolute Gasteiger partial charge is 0.410 e. The van der Waals surface area contributed by atoms with E-state index in [2.05, 4.69) is 0 Å². The number of ketones is 1. The number of Topliss-reactive ketones (excluding diaryl/α,β-unsaturated/α-hetero) is 1. The van der Waals surface area contributed by atoms with Gasteiger partial charge in [-0.3, -0.25) is 13.8 Å². The van der Waals surface area contributed by atoms with E-state index in [0.29, 0.717) is 16.7 Å². The molecule has 0 unspecified atom stereocenters. The Bertz CT molecular complexity index is 850. The molecule has 144 valence electrons. The normalized spacial score (nSPS) is 23.0. The fourth-order valence-corrected chi connectivity index (χ4v) is 4.96. The molecule has 1 N–H and O–H groups in total. The van der Waals surface area contributed by atoms with Gasteiger partial charge in [0.25, 0.3) is 0 Å². The Balaban J connectivity index is 2.24. The second-order valence-electron chi connectivity index (χ2n) is 6.05. The van der Waals surface area contributed by atoms with Crippen LogP contribution in [0.25, 0.3) is 0 Å². The number of nitrogens with zero attached hydrogens (tertiary/aromatic N) is 1. The van der Waals surface area contributed by atoms with E-state index in [0.717, 1.165) is 0 Å². The average Bonchev–Trinajstić information content (AvgIpc) is 2.73. The molecule has 2 aromatic carbocycles. The minimum Gasteiger partial charge on any atom is -0.384 e. The lowest BCUT2D eigenvalue weighted by atomic mass is 9.87. The highest BCUT2D eigenvalue weighted by Crippen LogP contribution is 2.60. The van der Waals surface area contributed by atoms with Crippen molar-refractivity contribution in [2.45, 2.75) is 18.4 Å². The highest BCUT2D eigenvalue weighted by atomic mass is 31.2. The second-order valence-corrected chi connectivity index (χ2v) is 8.18. The molecule has 0 saturated heterocycles. The molecule has 0 aliphatic carbocycles. The Morgan fingerprint density at radius 2 is 1.52 bits per heavy atom. The molecular weight excluding hydrogens is 369 g/mol. The van der Waals surface area contributed by atoms with Crippen molar-refractivity contribution in [3.8, 4) is 0 Å². The van der Waals surface area contributed by atoms with E-state index < -0.39 is 26.1 Å². The minimum absolute atomic E-state index is 0.300. The van der Waals surface area contributed by atoms with Crippen molar-refractivity contribution in [3.63, 3.8) is 0 Å². The summed E-state index contributed by atoms with van der Waals surface area (Å²) < 4.78 is 30.3. The number of aliphatic hydroxyl groups is 1. The Morgan fingerprint density at radius 1 is 0.963 bits per heavy atom. The highest BCUT2D eigenvalue weighted by molar-refractivity contribution is 7.51. The highest BCUT2D eigenvalue weighted by Gasteiger charge is 2.52. The van der Waals surface area contributed by atoms with Crippen molar-refractivity contribution in [3.05, 3.63) is 71.3 Å². The summed E-state index contributed by atoms with van der Waals surface area (Å²) in [6.45, 7) is 0. The molecule has 3 atom stereocenters. The molecule has 0 aromatic heterocycles. The Kier molecular flexibility index (Phi) is 5.91. The third-order valence-corrected chi connectivity index (χ3v) is 6.64. The summed E-state index contributed by atoms with van der Waals surface area (Å²) in [4.78, 5) is 13.4. The van der Waals surface area contributed by atoms with Gasteiger partial charge < -0.3 is 9.84 Å². The van der Waals surface area contributed by atoms with Crippen LogP contribution >= 0.6 is 7.75 Å². The number of fused-ring (bicyclic) bond motifs is 1. The van der Waals surface area contributed by atoms with E-state index in [9.17, 15) is 14.5 Å². The first-order valence-electron chi connectivity index (χ1n) is 8.37. The van der Waals surface area contributed by atoms with E-state index in [1.807, 2.05) is 0 Å². The van der Waals surface area contributed by atoms with Gasteiger partial charge >= 0.3 is 7.75 Å². The standard InChI is InChI=1S/C19H22NO6P/c1-24-19-18(22)15-12-8-7-11-14(15)16(20(19)27(23,25-2)26-3)17(21)13-9-5-4-6-10-13/h4-12,16,18-19,22H,1-3H3/t16-,18-,19+/m1/s1. The number of methoxy groups -OCH3 is 1. The lowest BCUT2D eigenvalue weighted by Gasteiger charge is -2.45. The summed E-state index contributed by atoms with van der Waals surface area (Å²) in [7, 11) is -0.0954. The van der Waals surface area contributed by atoms with Gasteiger partial charge in [0.1, 0.15) is 12.1 Å². The number of carbonyl (C=O) groups excluding carboxylic acids is 1. The van der Waals surface area contributed by atoms with Gasteiger partial charge in [0.2, 0.25) is 0 Å². The van der Waals surface area contributed by atoms with Gasteiger partial charge in [0, 0.05) is 26.9 Å². The van der Waals surface area contributed by atoms with Crippen molar-refractivity contribution in [1.29, 1.82) is 0 Å². The molecule has 0 radical (unpaired) electrons. The predicted octanol–water partition coefficient (Wildman–Crippen LogP) is 3.33. The van der Waals surface area contributed by atoms with Crippen LogP contribution in [0.2, 0.25) is 0 Å². The van der Waals surface area contributed by atoms with E-state index >= 15 is 0 Å². The van der Waals surface area contributed by atoms with E-state index in [1.54, 1.807) is 54.6 Å². The number of rotatable bonds is 6. The van der Waals surface area contributed by atoms with Gasteiger partial charge in [0.05, 0.1) is 0 Å². The monoisotopic (exact) mass is 391 g/mol. The summed E-state index contributed by atoms with van der Waals surface area (Å²) >= 11 is 0. The maximum atomic E-state index is 13.4. The fraction of sp³-hybridized carbons (Fsp3) is 0.316. The van der Waals surface area contributed by atoms with Crippen molar-refractivity contribution in [2.24, 2.45) is 0 Å². The van der Waals surface area contributed by atoms with Crippen LogP contribution in [0.4, 0.5) is 0 Å². The lowest BCUT2D eigenvalue weighted by molar-refractivity contribution is -0.104. The molecule has 0 fully saturated rings. The van der Waals surface area contributed by atoms with Crippen LogP contribution in [-0.4, -0.2) is 43.1 Å². The molecule has 0 spiro atoms. The van der Waals surface area contributed by atoms with Gasteiger partial charge in [-0.1, -0.05) is 54.6 Å². The maximum absolute atomic E-state index is 13.4. The summed E-state index contributed by atoms with van der Waals surface area (Å²) in [6.07, 6.45) is -2.23. The quantitative estimate of drug-likeness (QED) is 0.597. The Labute approximate surface area is 158 Å². The second kappa shape index (κ2) is 8.02. The molecular formula is C19H22NO6P. The van der Waals surface area contributed by atoms with Crippen LogP contribution < -0.4 is 0 Å². The van der Waals surface area contributed by atoms with E-state index in [-0.39, 0.29) is 5.78 Å². The zero-order chi connectivity index (χ0) is 19.6. The summed E-state index contributed by atoms with van der Waals surface area (Å²) in [5, 5.41) is 10.8. The first kappa shape index (κ1) is 19.9. The zero-order valence-corrected chi connectivity index (χ0v) is 16.2. The third kappa shape index (κ3) is 3.38. The number of ether oxygens (including phenoxy) is 1. The van der Waals surface area contributed by atoms with E-state index in [4.69, 9.17) is 13.8 Å². The molecule has 7 nitrogen and oxygen atoms in total. The third-order valence-electron chi connectivity index (χ3n) is 4.70. The van der Waals surface area contributed by atoms with Gasteiger partial charge in [-0.15, -0.1) is 0 Å². The maximum Gasteiger partial charge on any atom is 0.410 e. The van der Waals surface area contributed by atoms with Gasteiger partial charge in [0.15, 0.2) is 12.0 Å². The molecule has 27 heavy (non-hydrogen) atoms. The SMILES string of the molecule is CO[C@H]1[C@H](O)c2ccccc2[C@H](C(=O)c2ccccc2)N1P(=O)(OC)OC. The molecule has 1 heterocycles. The minimum atomic E-state index is -3.93. The zero-order valence-electron chi connectivity index (χ0n) is 15.3. The molecule has 3 rings (SSSR count). The fourth-order valence-electron chi connectivity index (χ4n) is 3.42. The van der Waals surface area contributed by atoms with Gasteiger partial charge in [-0.2, -0.15) is 4.67 Å². The van der Waals surface area contributed by atoms with Crippen LogP contribution in [-0.2, 0) is 18.3 Å². The van der Waals surface area contributed by atoms with Crippen molar-refractivity contribution < 1.29 is 28.3 Å². The van der Waals surface area contributed by atoms with Crippen LogP contribution in [0.1, 0.15) is 33.6 Å². The smallest absolute Gasteiger partial charge is 0.384 e. The summed E-state index contributed by atoms with van der Waals surface area (Å²) in [5.74, 6) is -0.300. The molecule has 0 amide bonds. The molecule has 8 heteroatoms. The van der Waals surface area contributed by atoms with Crippen molar-refractivity contribution in [1.82, 2.24) is 4.67 Å². The van der Waals surface area contributed by atoms with E-state index in [1.165, 1.54) is 26.0 Å². The average molecular weight is 391 g/mol. The number of hydrogen-bond acceptors (Lipinski definition) is 6. The number of hydrogen-bond donors (Lipinski definition) is 1. The van der Waals surface area contributed by atoms with Crippen LogP contribution in [0.15, 0.2) is 54.6 Å². The molecule has 0 bridgehead atoms. The number of carbonyl (C=O) groups is 1. The number of benzene rings is 2. The van der Waals surface area contributed by atoms with Crippen molar-refractivity contribution >= 4 is 13.5 Å². The predicted molar refractivity (Wildman–Crippen MR) is 99.2 cm³/mol. The first-order valence-corrected chi connectivity index (χ1v) is 9.87. The van der Waals surface area contributed by atoms with Gasteiger partial charge in [-0.05, 0) is 11.1 Å². The molecule has 1 aliphatic heterocycles. The van der Waals surface area contributed by atoms with Crippen molar-refractivity contribution in [2.75, 3.05) is 21.3 Å². The van der Waals surface area contributed by atoms with Crippen LogP contribution in [0, 0.1) is 0 Å². The first-order chi connectivity index (χ1) is 13.0. The summed E-state index contributed by atoms with van der Waals surface area (Å²) in [6, 6.07) is 14.6.